The fraction of sp³-hybridized carbons (Fsp3) is 0.294. The summed E-state index contributed by atoms with van der Waals surface area (Å²) in [6, 6.07) is 9.90. The minimum Gasteiger partial charge on any atom is -0.488 e. The van der Waals surface area contributed by atoms with Crippen molar-refractivity contribution in [1.29, 1.82) is 0 Å². The van der Waals surface area contributed by atoms with E-state index in [-0.39, 0.29) is 5.92 Å². The molecular formula is C17H18N6O. The largest absolute Gasteiger partial charge is 0.488 e. The molecule has 3 aromatic rings. The smallest absolute Gasteiger partial charge is 0.149 e. The number of nitrogens with one attached hydrogen (secondary N) is 1. The molecule has 1 aliphatic heterocycles. The van der Waals surface area contributed by atoms with Crippen molar-refractivity contribution in [2.75, 3.05) is 11.9 Å². The maximum Gasteiger partial charge on any atom is 0.149 e. The third kappa shape index (κ3) is 2.58. The second kappa shape index (κ2) is 5.92. The molecule has 7 heteroatoms. The normalized spacial score (nSPS) is 13.6. The van der Waals surface area contributed by atoms with Crippen molar-refractivity contribution >= 4 is 5.82 Å². The number of ether oxygens (including phenoxy) is 1. The number of rotatable bonds is 4. The summed E-state index contributed by atoms with van der Waals surface area (Å²) in [5.74, 6) is 2.75. The summed E-state index contributed by atoms with van der Waals surface area (Å²) < 4.78 is 7.71. The minimum absolute atomic E-state index is 0.215. The van der Waals surface area contributed by atoms with Gasteiger partial charge in [-0.3, -0.25) is 0 Å². The monoisotopic (exact) mass is 322 g/mol. The molecule has 1 atom stereocenters. The van der Waals surface area contributed by atoms with Gasteiger partial charge in [0.05, 0.1) is 0 Å². The molecule has 1 unspecified atom stereocenters. The van der Waals surface area contributed by atoms with E-state index in [4.69, 9.17) is 4.74 Å². The summed E-state index contributed by atoms with van der Waals surface area (Å²) in [4.78, 5) is 0. The molecule has 1 aromatic carbocycles. The highest BCUT2D eigenvalue weighted by Crippen LogP contribution is 2.35. The lowest BCUT2D eigenvalue weighted by atomic mass is 10.0. The molecule has 24 heavy (non-hydrogen) atoms. The van der Waals surface area contributed by atoms with Crippen molar-refractivity contribution in [2.45, 2.75) is 19.4 Å². The van der Waals surface area contributed by atoms with Gasteiger partial charge in [-0.25, -0.2) is 0 Å². The topological polar surface area (TPSA) is 77.8 Å². The lowest BCUT2D eigenvalue weighted by Crippen LogP contribution is -2.16. The van der Waals surface area contributed by atoms with Crippen LogP contribution in [0.2, 0.25) is 0 Å². The van der Waals surface area contributed by atoms with Gasteiger partial charge < -0.3 is 14.6 Å². The fourth-order valence-electron chi connectivity index (χ4n) is 2.88. The molecule has 0 fully saturated rings. The third-order valence-corrected chi connectivity index (χ3v) is 4.17. The Morgan fingerprint density at radius 1 is 1.25 bits per heavy atom. The van der Waals surface area contributed by atoms with Crippen molar-refractivity contribution < 1.29 is 4.74 Å². The number of hydrogen-bond acceptors (Lipinski definition) is 6. The fourth-order valence-corrected chi connectivity index (χ4v) is 2.88. The Kier molecular flexibility index (Phi) is 3.60. The van der Waals surface area contributed by atoms with Crippen LogP contribution in [0.3, 0.4) is 0 Å². The van der Waals surface area contributed by atoms with E-state index in [1.54, 1.807) is 6.33 Å². The highest BCUT2D eigenvalue weighted by Gasteiger charge is 2.19. The molecule has 1 N–H and O–H groups in total. The third-order valence-electron chi connectivity index (χ3n) is 4.17. The molecule has 2 aromatic heterocycles. The first kappa shape index (κ1) is 14.6. The van der Waals surface area contributed by atoms with E-state index in [0.29, 0.717) is 13.2 Å². The SMILES string of the molecule is CC(CNc1cc2c(nn1)-c1ccccc1OC2)c1nncn1C. The highest BCUT2D eigenvalue weighted by atomic mass is 16.5. The van der Waals surface area contributed by atoms with Crippen LogP contribution >= 0.6 is 0 Å². The standard InChI is InChI=1S/C17H18N6O/c1-11(17-22-19-10-23(17)2)8-18-15-7-12-9-24-14-6-4-3-5-13(14)16(12)21-20-15/h3-7,10-11H,8-9H2,1-2H3,(H,18,20). The summed E-state index contributed by atoms with van der Waals surface area (Å²) in [6.07, 6.45) is 1.71. The van der Waals surface area contributed by atoms with Crippen LogP contribution < -0.4 is 10.1 Å². The predicted octanol–water partition coefficient (Wildman–Crippen LogP) is 2.38. The van der Waals surface area contributed by atoms with Crippen LogP contribution in [0.15, 0.2) is 36.7 Å². The van der Waals surface area contributed by atoms with E-state index in [1.165, 1.54) is 0 Å². The van der Waals surface area contributed by atoms with Crippen molar-refractivity contribution in [3.05, 3.63) is 48.0 Å². The van der Waals surface area contributed by atoms with Gasteiger partial charge in [0.25, 0.3) is 0 Å². The summed E-state index contributed by atoms with van der Waals surface area (Å²) >= 11 is 0. The second-order valence-corrected chi connectivity index (χ2v) is 5.97. The van der Waals surface area contributed by atoms with E-state index < -0.39 is 0 Å². The number of para-hydroxylation sites is 1. The number of aromatic nitrogens is 5. The Balaban J connectivity index is 1.52. The molecule has 122 valence electrons. The van der Waals surface area contributed by atoms with E-state index in [1.807, 2.05) is 41.9 Å². The molecular weight excluding hydrogens is 304 g/mol. The van der Waals surface area contributed by atoms with Crippen molar-refractivity contribution in [3.63, 3.8) is 0 Å². The van der Waals surface area contributed by atoms with Crippen molar-refractivity contribution in [2.24, 2.45) is 7.05 Å². The summed E-state index contributed by atoms with van der Waals surface area (Å²) in [7, 11) is 1.94. The van der Waals surface area contributed by atoms with Gasteiger partial charge in [-0.2, -0.15) is 0 Å². The molecule has 4 rings (SSSR count). The van der Waals surface area contributed by atoms with E-state index in [9.17, 15) is 0 Å². The Bertz CT molecular complexity index is 875. The van der Waals surface area contributed by atoms with Crippen LogP contribution in [0.1, 0.15) is 24.2 Å². The first-order valence-corrected chi connectivity index (χ1v) is 7.89. The second-order valence-electron chi connectivity index (χ2n) is 5.97. The maximum atomic E-state index is 5.79. The number of nitrogens with zero attached hydrogens (tertiary/aromatic N) is 5. The molecule has 3 heterocycles. The Morgan fingerprint density at radius 3 is 2.96 bits per heavy atom. The summed E-state index contributed by atoms with van der Waals surface area (Å²) in [5.41, 5.74) is 2.92. The molecule has 0 amide bonds. The number of aryl methyl sites for hydroxylation is 1. The molecule has 0 aliphatic carbocycles. The van der Waals surface area contributed by atoms with Crippen LogP contribution in [0.4, 0.5) is 5.82 Å². The van der Waals surface area contributed by atoms with Gasteiger partial charge in [0.1, 0.15) is 36.0 Å². The first-order valence-electron chi connectivity index (χ1n) is 7.89. The van der Waals surface area contributed by atoms with Crippen molar-refractivity contribution in [3.8, 4) is 17.0 Å². The summed E-state index contributed by atoms with van der Waals surface area (Å²) in [6.45, 7) is 3.31. The van der Waals surface area contributed by atoms with Gasteiger partial charge >= 0.3 is 0 Å². The number of benzene rings is 1. The van der Waals surface area contributed by atoms with Gasteiger partial charge in [0, 0.05) is 30.6 Å². The zero-order valence-electron chi connectivity index (χ0n) is 13.6. The van der Waals surface area contributed by atoms with Crippen LogP contribution in [-0.4, -0.2) is 31.5 Å². The van der Waals surface area contributed by atoms with Crippen LogP contribution in [0.25, 0.3) is 11.3 Å². The summed E-state index contributed by atoms with van der Waals surface area (Å²) in [5, 5.41) is 20.1. The molecule has 1 aliphatic rings. The number of hydrogen-bond donors (Lipinski definition) is 1. The molecule has 0 radical (unpaired) electrons. The van der Waals surface area contributed by atoms with Crippen molar-refractivity contribution in [1.82, 2.24) is 25.0 Å². The lowest BCUT2D eigenvalue weighted by molar-refractivity contribution is 0.301. The van der Waals surface area contributed by atoms with E-state index >= 15 is 0 Å². The average Bonchev–Trinajstić information content (AvgIpc) is 3.05. The van der Waals surface area contributed by atoms with Gasteiger partial charge in [0.2, 0.25) is 0 Å². The Hall–Kier alpha value is -2.96. The van der Waals surface area contributed by atoms with E-state index in [2.05, 4.69) is 32.6 Å². The molecule has 0 spiro atoms. The highest BCUT2D eigenvalue weighted by molar-refractivity contribution is 5.72. The molecule has 0 bridgehead atoms. The lowest BCUT2D eigenvalue weighted by Gasteiger charge is -2.20. The van der Waals surface area contributed by atoms with Gasteiger partial charge in [0.15, 0.2) is 0 Å². The minimum atomic E-state index is 0.215. The van der Waals surface area contributed by atoms with Crippen LogP contribution in [-0.2, 0) is 13.7 Å². The molecule has 7 nitrogen and oxygen atoms in total. The first-order chi connectivity index (χ1) is 11.7. The van der Waals surface area contributed by atoms with Crippen LogP contribution in [0, 0.1) is 0 Å². The average molecular weight is 322 g/mol. The van der Waals surface area contributed by atoms with Crippen LogP contribution in [0.5, 0.6) is 5.75 Å². The Labute approximate surface area is 139 Å². The van der Waals surface area contributed by atoms with Gasteiger partial charge in [-0.15, -0.1) is 20.4 Å². The van der Waals surface area contributed by atoms with Gasteiger partial charge in [-0.05, 0) is 18.2 Å². The predicted molar refractivity (Wildman–Crippen MR) is 89.7 cm³/mol. The zero-order chi connectivity index (χ0) is 16.5. The molecule has 0 saturated heterocycles. The zero-order valence-corrected chi connectivity index (χ0v) is 13.6. The number of fused-ring (bicyclic) bond motifs is 3. The Morgan fingerprint density at radius 2 is 2.12 bits per heavy atom. The maximum absolute atomic E-state index is 5.79. The molecule has 0 saturated carbocycles. The number of anilines is 1. The van der Waals surface area contributed by atoms with E-state index in [0.717, 1.165) is 34.2 Å². The quantitative estimate of drug-likeness (QED) is 0.794. The van der Waals surface area contributed by atoms with Gasteiger partial charge in [-0.1, -0.05) is 19.1 Å².